The summed E-state index contributed by atoms with van der Waals surface area (Å²) >= 11 is 6.23. The van der Waals surface area contributed by atoms with Crippen molar-refractivity contribution in [2.24, 2.45) is 0 Å². The summed E-state index contributed by atoms with van der Waals surface area (Å²) in [5.41, 5.74) is 6.29. The standard InChI is InChI=1S/C22H25ClN6O5/c1-14(2)28(8-5-19-26-21(24)27-34-19)20(30)15-11-16(23)13-18(12-15)33-10-9-29(22(31)32)17-3-6-25-7-4-17/h3-4,6-7,11-14H,5,8-10H2,1-2H3,(H2,24,27)(H,31,32). The van der Waals surface area contributed by atoms with E-state index in [1.807, 2.05) is 13.8 Å². The smallest absolute Gasteiger partial charge is 0.411 e. The van der Waals surface area contributed by atoms with Crippen LogP contribution in [0, 0.1) is 0 Å². The van der Waals surface area contributed by atoms with Crippen molar-refractivity contribution in [1.82, 2.24) is 20.0 Å². The minimum Gasteiger partial charge on any atom is -0.492 e. The molecule has 0 aliphatic carbocycles. The number of rotatable bonds is 10. The van der Waals surface area contributed by atoms with Gasteiger partial charge < -0.3 is 25.0 Å². The van der Waals surface area contributed by atoms with Gasteiger partial charge in [-0.15, -0.1) is 0 Å². The van der Waals surface area contributed by atoms with E-state index in [2.05, 4.69) is 15.1 Å². The molecule has 2 heterocycles. The van der Waals surface area contributed by atoms with Gasteiger partial charge in [0.1, 0.15) is 12.4 Å². The first-order valence-corrected chi connectivity index (χ1v) is 10.8. The zero-order valence-electron chi connectivity index (χ0n) is 18.7. The highest BCUT2D eigenvalue weighted by molar-refractivity contribution is 6.31. The molecule has 0 saturated heterocycles. The number of nitrogens with two attached hydrogens (primary N) is 1. The second kappa shape index (κ2) is 11.3. The lowest BCUT2D eigenvalue weighted by molar-refractivity contribution is 0.0703. The van der Waals surface area contributed by atoms with Crippen molar-refractivity contribution in [2.45, 2.75) is 26.3 Å². The molecular formula is C22H25ClN6O5. The number of pyridine rings is 1. The number of nitrogen functional groups attached to an aromatic ring is 1. The zero-order valence-corrected chi connectivity index (χ0v) is 19.5. The van der Waals surface area contributed by atoms with Gasteiger partial charge in [0.15, 0.2) is 0 Å². The van der Waals surface area contributed by atoms with Crippen LogP contribution < -0.4 is 15.4 Å². The molecule has 11 nitrogen and oxygen atoms in total. The second-order valence-electron chi connectivity index (χ2n) is 7.55. The van der Waals surface area contributed by atoms with Gasteiger partial charge in [-0.25, -0.2) is 4.79 Å². The first kappa shape index (κ1) is 24.8. The topological polar surface area (TPSA) is 148 Å². The Bertz CT molecular complexity index is 1120. The van der Waals surface area contributed by atoms with Gasteiger partial charge >= 0.3 is 6.09 Å². The van der Waals surface area contributed by atoms with Gasteiger partial charge in [0.2, 0.25) is 5.89 Å². The molecule has 0 atom stereocenters. The number of carbonyl (C=O) groups is 2. The number of hydrogen-bond acceptors (Lipinski definition) is 8. The van der Waals surface area contributed by atoms with E-state index >= 15 is 0 Å². The highest BCUT2D eigenvalue weighted by atomic mass is 35.5. The van der Waals surface area contributed by atoms with Gasteiger partial charge in [-0.3, -0.25) is 14.7 Å². The molecule has 1 aromatic carbocycles. The van der Waals surface area contributed by atoms with Crippen molar-refractivity contribution in [2.75, 3.05) is 30.3 Å². The maximum Gasteiger partial charge on any atom is 0.411 e. The van der Waals surface area contributed by atoms with Crippen molar-refractivity contribution < 1.29 is 24.0 Å². The van der Waals surface area contributed by atoms with Crippen LogP contribution in [0.1, 0.15) is 30.1 Å². The summed E-state index contributed by atoms with van der Waals surface area (Å²) < 4.78 is 10.7. The normalized spacial score (nSPS) is 10.8. The lowest BCUT2D eigenvalue weighted by Gasteiger charge is -2.26. The van der Waals surface area contributed by atoms with Gasteiger partial charge in [-0.05, 0) is 49.3 Å². The molecule has 180 valence electrons. The van der Waals surface area contributed by atoms with Gasteiger partial charge in [-0.1, -0.05) is 11.6 Å². The van der Waals surface area contributed by atoms with E-state index in [0.717, 1.165) is 4.90 Å². The Hall–Kier alpha value is -3.86. The van der Waals surface area contributed by atoms with E-state index in [9.17, 15) is 14.7 Å². The van der Waals surface area contributed by atoms with Crippen molar-refractivity contribution in [3.05, 3.63) is 59.2 Å². The summed E-state index contributed by atoms with van der Waals surface area (Å²) in [5.74, 6) is 0.478. The lowest BCUT2D eigenvalue weighted by Crippen LogP contribution is -2.38. The fourth-order valence-electron chi connectivity index (χ4n) is 3.23. The minimum atomic E-state index is -1.12. The van der Waals surface area contributed by atoms with E-state index in [1.165, 1.54) is 12.4 Å². The number of benzene rings is 1. The van der Waals surface area contributed by atoms with E-state index in [0.29, 0.717) is 40.9 Å². The van der Waals surface area contributed by atoms with Crippen LogP contribution in [0.5, 0.6) is 5.75 Å². The van der Waals surface area contributed by atoms with E-state index in [1.54, 1.807) is 35.2 Å². The van der Waals surface area contributed by atoms with Crippen molar-refractivity contribution in [1.29, 1.82) is 0 Å². The zero-order chi connectivity index (χ0) is 24.7. The first-order valence-electron chi connectivity index (χ1n) is 10.5. The summed E-state index contributed by atoms with van der Waals surface area (Å²) in [5, 5.41) is 13.4. The molecule has 0 spiro atoms. The molecule has 2 aromatic heterocycles. The number of aromatic nitrogens is 3. The van der Waals surface area contributed by atoms with Crippen LogP contribution in [0.2, 0.25) is 5.02 Å². The number of carboxylic acid groups (broad SMARTS) is 1. The Kier molecular flexibility index (Phi) is 8.25. The average molecular weight is 489 g/mol. The summed E-state index contributed by atoms with van der Waals surface area (Å²) in [6, 6.07) is 7.77. The molecule has 0 unspecified atom stereocenters. The van der Waals surface area contributed by atoms with Crippen LogP contribution in [-0.4, -0.2) is 62.9 Å². The molecule has 2 amide bonds. The monoisotopic (exact) mass is 488 g/mol. The molecular weight excluding hydrogens is 464 g/mol. The minimum absolute atomic E-state index is 0.0412. The van der Waals surface area contributed by atoms with Gasteiger partial charge in [-0.2, -0.15) is 4.98 Å². The third-order valence-electron chi connectivity index (χ3n) is 4.84. The summed E-state index contributed by atoms with van der Waals surface area (Å²) in [4.78, 5) is 35.4. The van der Waals surface area contributed by atoms with Crippen LogP contribution in [0.4, 0.5) is 16.4 Å². The Morgan fingerprint density at radius 2 is 1.94 bits per heavy atom. The molecule has 0 radical (unpaired) electrons. The van der Waals surface area contributed by atoms with E-state index < -0.39 is 6.09 Å². The summed E-state index contributed by atoms with van der Waals surface area (Å²) in [6.45, 7) is 4.24. The van der Waals surface area contributed by atoms with Crippen LogP contribution in [0.3, 0.4) is 0 Å². The second-order valence-corrected chi connectivity index (χ2v) is 7.99. The highest BCUT2D eigenvalue weighted by Gasteiger charge is 2.21. The van der Waals surface area contributed by atoms with Crippen molar-refractivity contribution in [3.63, 3.8) is 0 Å². The Balaban J connectivity index is 1.67. The maximum absolute atomic E-state index is 13.2. The molecule has 0 saturated carbocycles. The number of halogens is 1. The maximum atomic E-state index is 13.2. The predicted octanol–water partition coefficient (Wildman–Crippen LogP) is 3.36. The van der Waals surface area contributed by atoms with Crippen molar-refractivity contribution >= 4 is 35.2 Å². The fourth-order valence-corrected chi connectivity index (χ4v) is 3.45. The number of hydrogen-bond donors (Lipinski definition) is 2. The van der Waals surface area contributed by atoms with Gasteiger partial charge in [0, 0.05) is 42.0 Å². The molecule has 12 heteroatoms. The van der Waals surface area contributed by atoms with Crippen molar-refractivity contribution in [3.8, 4) is 5.75 Å². The fraction of sp³-hybridized carbons (Fsp3) is 0.318. The molecule has 3 rings (SSSR count). The van der Waals surface area contributed by atoms with Crippen LogP contribution in [0.15, 0.2) is 47.2 Å². The molecule has 34 heavy (non-hydrogen) atoms. The molecule has 3 aromatic rings. The van der Waals surface area contributed by atoms with E-state index in [-0.39, 0.29) is 31.0 Å². The third kappa shape index (κ3) is 6.58. The highest BCUT2D eigenvalue weighted by Crippen LogP contribution is 2.23. The first-order chi connectivity index (χ1) is 16.2. The number of anilines is 2. The molecule has 0 aliphatic heterocycles. The van der Waals surface area contributed by atoms with Crippen LogP contribution >= 0.6 is 11.6 Å². The number of amides is 2. The molecule has 0 bridgehead atoms. The largest absolute Gasteiger partial charge is 0.492 e. The van der Waals surface area contributed by atoms with Gasteiger partial charge in [0.05, 0.1) is 12.2 Å². The van der Waals surface area contributed by atoms with E-state index in [4.69, 9.17) is 26.6 Å². The predicted molar refractivity (Wildman–Crippen MR) is 125 cm³/mol. The molecule has 0 aliphatic rings. The average Bonchev–Trinajstić information content (AvgIpc) is 3.21. The quantitative estimate of drug-likeness (QED) is 0.438. The SMILES string of the molecule is CC(C)N(CCc1nc(N)no1)C(=O)c1cc(Cl)cc(OCCN(C(=O)O)c2ccncc2)c1. The molecule has 0 fully saturated rings. The third-order valence-corrected chi connectivity index (χ3v) is 5.06. The molecule has 3 N–H and O–H groups in total. The number of carbonyl (C=O) groups excluding carboxylic acids is 1. The summed E-state index contributed by atoms with van der Waals surface area (Å²) in [6.07, 6.45) is 2.24. The summed E-state index contributed by atoms with van der Waals surface area (Å²) in [7, 11) is 0. The lowest BCUT2D eigenvalue weighted by atomic mass is 10.1. The Morgan fingerprint density at radius 3 is 2.56 bits per heavy atom. The van der Waals surface area contributed by atoms with Crippen LogP contribution in [0.25, 0.3) is 0 Å². The van der Waals surface area contributed by atoms with Gasteiger partial charge in [0.25, 0.3) is 11.9 Å². The number of nitrogens with zero attached hydrogens (tertiary/aromatic N) is 5. The number of ether oxygens (including phenoxy) is 1. The van der Waals surface area contributed by atoms with Crippen LogP contribution in [-0.2, 0) is 6.42 Å². The Labute approximate surface area is 201 Å². The Morgan fingerprint density at radius 1 is 1.21 bits per heavy atom.